The maximum absolute atomic E-state index is 12.6. The fraction of sp³-hybridized carbons (Fsp3) is 0.294. The molecular weight excluding hydrogens is 314 g/mol. The number of nitrogens with zero attached hydrogens (tertiary/aromatic N) is 1. The molecule has 1 aliphatic rings. The molecule has 1 aromatic heterocycles. The zero-order valence-corrected chi connectivity index (χ0v) is 13.5. The van der Waals surface area contributed by atoms with E-state index in [1.807, 2.05) is 36.6 Å². The number of aliphatic carboxylic acids is 1. The van der Waals surface area contributed by atoms with Crippen LogP contribution >= 0.6 is 11.8 Å². The largest absolute Gasteiger partial charge is 0.481 e. The van der Waals surface area contributed by atoms with Crippen LogP contribution in [0, 0.1) is 5.92 Å². The molecule has 5 nitrogen and oxygen atoms in total. The topological polar surface area (TPSA) is 70.8 Å². The van der Waals surface area contributed by atoms with E-state index in [9.17, 15) is 14.7 Å². The van der Waals surface area contributed by atoms with Gasteiger partial charge in [-0.05, 0) is 24.0 Å². The lowest BCUT2D eigenvalue weighted by atomic mass is 9.89. The number of carbonyl (C=O) groups is 2. The van der Waals surface area contributed by atoms with Crippen LogP contribution in [0.4, 0.5) is 0 Å². The first-order valence-corrected chi connectivity index (χ1v) is 8.53. The number of amides is 1. The van der Waals surface area contributed by atoms with Gasteiger partial charge in [-0.1, -0.05) is 42.1 Å². The zero-order chi connectivity index (χ0) is 16.4. The molecular formula is C17H17NO4S. The van der Waals surface area contributed by atoms with Gasteiger partial charge in [0.25, 0.3) is 5.91 Å². The van der Waals surface area contributed by atoms with Gasteiger partial charge in [0.1, 0.15) is 0 Å². The summed E-state index contributed by atoms with van der Waals surface area (Å²) in [6.07, 6.45) is 1.87. The molecule has 2 atom stereocenters. The lowest BCUT2D eigenvalue weighted by Gasteiger charge is -2.15. The molecule has 0 unspecified atom stereocenters. The number of hydrogen-bond acceptors (Lipinski definition) is 4. The SMILES string of the molecule is CSc1ccc(C(=O)N2C[C@H](C(=O)O)[C@H](c3ccccc3)C2)o1. The van der Waals surface area contributed by atoms with Crippen LogP contribution in [-0.4, -0.2) is 41.2 Å². The van der Waals surface area contributed by atoms with Gasteiger partial charge in [0, 0.05) is 19.0 Å². The van der Waals surface area contributed by atoms with Crippen molar-refractivity contribution >= 4 is 23.6 Å². The molecule has 1 aromatic carbocycles. The fourth-order valence-corrected chi connectivity index (χ4v) is 3.34. The summed E-state index contributed by atoms with van der Waals surface area (Å²) in [6.45, 7) is 0.581. The number of likely N-dealkylation sites (tertiary alicyclic amines) is 1. The highest BCUT2D eigenvalue weighted by Gasteiger charge is 2.41. The van der Waals surface area contributed by atoms with E-state index in [1.54, 1.807) is 17.0 Å². The Morgan fingerprint density at radius 3 is 2.52 bits per heavy atom. The molecule has 0 radical (unpaired) electrons. The Morgan fingerprint density at radius 2 is 1.91 bits per heavy atom. The summed E-state index contributed by atoms with van der Waals surface area (Å²) in [6, 6.07) is 12.9. The summed E-state index contributed by atoms with van der Waals surface area (Å²) >= 11 is 1.42. The minimum absolute atomic E-state index is 0.197. The van der Waals surface area contributed by atoms with Gasteiger partial charge in [-0.15, -0.1) is 0 Å². The van der Waals surface area contributed by atoms with Gasteiger partial charge < -0.3 is 14.4 Å². The van der Waals surface area contributed by atoms with Crippen LogP contribution in [0.25, 0.3) is 0 Å². The molecule has 0 bridgehead atoms. The van der Waals surface area contributed by atoms with Crippen molar-refractivity contribution in [2.24, 2.45) is 5.92 Å². The molecule has 0 spiro atoms. The Kier molecular flexibility index (Phi) is 4.43. The van der Waals surface area contributed by atoms with Gasteiger partial charge in [0.05, 0.1) is 5.92 Å². The van der Waals surface area contributed by atoms with E-state index in [0.717, 1.165) is 5.56 Å². The van der Waals surface area contributed by atoms with Crippen molar-refractivity contribution in [2.45, 2.75) is 11.0 Å². The van der Waals surface area contributed by atoms with Crippen molar-refractivity contribution in [1.82, 2.24) is 4.90 Å². The summed E-state index contributed by atoms with van der Waals surface area (Å²) < 4.78 is 5.47. The maximum atomic E-state index is 12.6. The minimum Gasteiger partial charge on any atom is -0.481 e. The normalized spacial score (nSPS) is 20.7. The van der Waals surface area contributed by atoms with E-state index in [4.69, 9.17) is 4.42 Å². The predicted molar refractivity (Wildman–Crippen MR) is 86.7 cm³/mol. The van der Waals surface area contributed by atoms with E-state index >= 15 is 0 Å². The highest BCUT2D eigenvalue weighted by molar-refractivity contribution is 7.98. The monoisotopic (exact) mass is 331 g/mol. The van der Waals surface area contributed by atoms with Crippen molar-refractivity contribution in [1.29, 1.82) is 0 Å². The van der Waals surface area contributed by atoms with Crippen molar-refractivity contribution in [3.63, 3.8) is 0 Å². The Hall–Kier alpha value is -2.21. The van der Waals surface area contributed by atoms with Crippen molar-refractivity contribution in [3.05, 3.63) is 53.8 Å². The van der Waals surface area contributed by atoms with Crippen LogP contribution in [-0.2, 0) is 4.79 Å². The molecule has 1 amide bonds. The average Bonchev–Trinajstić information content (AvgIpc) is 3.22. The predicted octanol–water partition coefficient (Wildman–Crippen LogP) is 2.94. The number of carboxylic acid groups (broad SMARTS) is 1. The molecule has 3 rings (SSSR count). The minimum atomic E-state index is -0.876. The third-order valence-corrected chi connectivity index (χ3v) is 4.77. The standard InChI is InChI=1S/C17H17NO4S/c1-23-15-8-7-14(22-15)16(19)18-9-12(13(10-18)17(20)21)11-5-3-2-4-6-11/h2-8,12-13H,9-10H2,1H3,(H,20,21)/t12-,13-/m0/s1. The molecule has 1 fully saturated rings. The first-order valence-electron chi connectivity index (χ1n) is 7.31. The van der Waals surface area contributed by atoms with Gasteiger partial charge in [-0.2, -0.15) is 0 Å². The lowest BCUT2D eigenvalue weighted by molar-refractivity contribution is -0.141. The summed E-state index contributed by atoms with van der Waals surface area (Å²) in [5, 5.41) is 10.2. The Morgan fingerprint density at radius 1 is 1.17 bits per heavy atom. The van der Waals surface area contributed by atoms with Crippen LogP contribution in [0.15, 0.2) is 52.0 Å². The average molecular weight is 331 g/mol. The summed E-state index contributed by atoms with van der Waals surface area (Å²) in [4.78, 5) is 25.7. The van der Waals surface area contributed by atoms with Crippen LogP contribution < -0.4 is 0 Å². The van der Waals surface area contributed by atoms with Gasteiger partial charge in [-0.25, -0.2) is 0 Å². The Bertz CT molecular complexity index is 712. The highest BCUT2D eigenvalue weighted by Crippen LogP contribution is 2.34. The van der Waals surface area contributed by atoms with Crippen molar-refractivity contribution < 1.29 is 19.1 Å². The molecule has 2 heterocycles. The maximum Gasteiger partial charge on any atom is 0.308 e. The Balaban J connectivity index is 1.82. The number of carboxylic acids is 1. The third kappa shape index (κ3) is 3.12. The zero-order valence-electron chi connectivity index (χ0n) is 12.6. The molecule has 23 heavy (non-hydrogen) atoms. The molecule has 0 aliphatic carbocycles. The highest BCUT2D eigenvalue weighted by atomic mass is 32.2. The van der Waals surface area contributed by atoms with Crippen LogP contribution in [0.1, 0.15) is 22.0 Å². The summed E-state index contributed by atoms with van der Waals surface area (Å²) in [7, 11) is 0. The lowest BCUT2D eigenvalue weighted by Crippen LogP contribution is -2.29. The number of benzene rings is 1. The van der Waals surface area contributed by atoms with Crippen molar-refractivity contribution in [3.8, 4) is 0 Å². The quantitative estimate of drug-likeness (QED) is 0.872. The van der Waals surface area contributed by atoms with E-state index in [-0.39, 0.29) is 24.1 Å². The molecule has 0 saturated carbocycles. The smallest absolute Gasteiger partial charge is 0.308 e. The summed E-state index contributed by atoms with van der Waals surface area (Å²) in [5.74, 6) is -1.68. The molecule has 1 aliphatic heterocycles. The number of carbonyl (C=O) groups excluding carboxylic acids is 1. The first kappa shape index (κ1) is 15.7. The van der Waals surface area contributed by atoms with Crippen LogP contribution in [0.2, 0.25) is 0 Å². The summed E-state index contributed by atoms with van der Waals surface area (Å²) in [5.41, 5.74) is 0.944. The molecule has 120 valence electrons. The van der Waals surface area contributed by atoms with Gasteiger partial charge >= 0.3 is 5.97 Å². The number of furan rings is 1. The van der Waals surface area contributed by atoms with E-state index in [0.29, 0.717) is 11.6 Å². The number of thioether (sulfide) groups is 1. The second-order valence-electron chi connectivity index (χ2n) is 5.49. The van der Waals surface area contributed by atoms with Gasteiger partial charge in [0.15, 0.2) is 10.9 Å². The van der Waals surface area contributed by atoms with E-state index in [1.165, 1.54) is 11.8 Å². The van der Waals surface area contributed by atoms with Crippen LogP contribution in [0.5, 0.6) is 0 Å². The van der Waals surface area contributed by atoms with Gasteiger partial charge in [-0.3, -0.25) is 9.59 Å². The molecule has 2 aromatic rings. The van der Waals surface area contributed by atoms with Crippen molar-refractivity contribution in [2.75, 3.05) is 19.3 Å². The van der Waals surface area contributed by atoms with Gasteiger partial charge in [0.2, 0.25) is 0 Å². The fourth-order valence-electron chi connectivity index (χ4n) is 2.96. The molecule has 6 heteroatoms. The number of rotatable bonds is 4. The van der Waals surface area contributed by atoms with Crippen LogP contribution in [0.3, 0.4) is 0 Å². The van der Waals surface area contributed by atoms with E-state index < -0.39 is 11.9 Å². The van der Waals surface area contributed by atoms with E-state index in [2.05, 4.69) is 0 Å². The molecule has 1 saturated heterocycles. The second-order valence-corrected chi connectivity index (χ2v) is 6.31. The molecule has 1 N–H and O–H groups in total. The third-order valence-electron chi connectivity index (χ3n) is 4.15. The first-order chi connectivity index (χ1) is 11.1. The number of hydrogen-bond donors (Lipinski definition) is 1. The second kappa shape index (κ2) is 6.50. The Labute approximate surface area is 138 Å².